The fourth-order valence-electron chi connectivity index (χ4n) is 2.38. The summed E-state index contributed by atoms with van der Waals surface area (Å²) in [6.07, 6.45) is 3.02. The van der Waals surface area contributed by atoms with Crippen LogP contribution in [0.4, 0.5) is 4.39 Å². The number of carbonyl (C=O) groups is 1. The number of carbonyl (C=O) groups excluding carboxylic acids is 1. The van der Waals surface area contributed by atoms with Crippen LogP contribution in [0.3, 0.4) is 0 Å². The molecule has 3 rings (SSSR count). The summed E-state index contributed by atoms with van der Waals surface area (Å²) in [6.45, 7) is 0.261. The van der Waals surface area contributed by atoms with Gasteiger partial charge in [0.05, 0.1) is 13.3 Å². The summed E-state index contributed by atoms with van der Waals surface area (Å²) in [5.41, 5.74) is 4.20. The third-order valence-electron chi connectivity index (χ3n) is 3.86. The van der Waals surface area contributed by atoms with Crippen molar-refractivity contribution in [1.29, 1.82) is 0 Å². The minimum atomic E-state index is -0.413. The predicted octanol–water partition coefficient (Wildman–Crippen LogP) is 4.33. The number of hydrazone groups is 1. The first-order valence-corrected chi connectivity index (χ1v) is 9.35. The molecule has 6 nitrogen and oxygen atoms in total. The van der Waals surface area contributed by atoms with E-state index >= 15 is 0 Å². The molecule has 0 unspecified atom stereocenters. The summed E-state index contributed by atoms with van der Waals surface area (Å²) in [5, 5.41) is 3.96. The molecule has 148 valence electrons. The van der Waals surface area contributed by atoms with E-state index in [4.69, 9.17) is 9.47 Å². The average Bonchev–Trinajstić information content (AvgIpc) is 2.75. The lowest BCUT2D eigenvalue weighted by Gasteiger charge is -2.12. The van der Waals surface area contributed by atoms with Gasteiger partial charge in [0.1, 0.15) is 18.1 Å². The minimum absolute atomic E-state index is 0.261. The Labute approximate surface area is 175 Å². The number of rotatable bonds is 7. The lowest BCUT2D eigenvalue weighted by Crippen LogP contribution is -2.18. The maximum atomic E-state index is 13.0. The lowest BCUT2D eigenvalue weighted by molar-refractivity contribution is 0.0950. The van der Waals surface area contributed by atoms with Crippen LogP contribution in [-0.4, -0.2) is 24.2 Å². The summed E-state index contributed by atoms with van der Waals surface area (Å²) in [6, 6.07) is 14.6. The average molecular weight is 458 g/mol. The van der Waals surface area contributed by atoms with Gasteiger partial charge in [0.2, 0.25) is 0 Å². The first-order valence-electron chi connectivity index (χ1n) is 8.56. The summed E-state index contributed by atoms with van der Waals surface area (Å²) < 4.78 is 24.9. The number of amides is 1. The van der Waals surface area contributed by atoms with E-state index in [0.29, 0.717) is 21.5 Å². The number of ether oxygens (including phenoxy) is 2. The summed E-state index contributed by atoms with van der Waals surface area (Å²) in [5.74, 6) is 0.295. The number of hydrogen-bond acceptors (Lipinski definition) is 5. The Balaban J connectivity index is 1.68. The maximum Gasteiger partial charge on any atom is 0.289 e. The van der Waals surface area contributed by atoms with Crippen LogP contribution in [0.5, 0.6) is 11.5 Å². The number of nitrogens with zero attached hydrogens (tertiary/aromatic N) is 2. The van der Waals surface area contributed by atoms with Gasteiger partial charge in [-0.3, -0.25) is 9.78 Å². The molecule has 0 spiro atoms. The van der Waals surface area contributed by atoms with Crippen molar-refractivity contribution in [2.24, 2.45) is 5.10 Å². The predicted molar refractivity (Wildman–Crippen MR) is 111 cm³/mol. The molecule has 0 aliphatic heterocycles. The highest BCUT2D eigenvalue weighted by molar-refractivity contribution is 9.10. The van der Waals surface area contributed by atoms with Crippen LogP contribution in [0.1, 0.15) is 21.6 Å². The van der Waals surface area contributed by atoms with E-state index in [-0.39, 0.29) is 18.1 Å². The second-order valence-corrected chi connectivity index (χ2v) is 6.71. The third-order valence-corrected chi connectivity index (χ3v) is 4.54. The van der Waals surface area contributed by atoms with Gasteiger partial charge >= 0.3 is 0 Å². The van der Waals surface area contributed by atoms with Crippen LogP contribution in [0.15, 0.2) is 70.4 Å². The Morgan fingerprint density at radius 3 is 2.69 bits per heavy atom. The molecule has 0 fully saturated rings. The highest BCUT2D eigenvalue weighted by atomic mass is 79.9. The molecule has 3 aromatic rings. The number of pyridine rings is 1. The van der Waals surface area contributed by atoms with Gasteiger partial charge in [0, 0.05) is 16.2 Å². The van der Waals surface area contributed by atoms with Crippen LogP contribution < -0.4 is 14.9 Å². The number of nitrogens with one attached hydrogen (secondary N) is 1. The number of methoxy groups -OCH3 is 1. The molecule has 0 saturated heterocycles. The Kier molecular flexibility index (Phi) is 6.91. The number of hydrogen-bond donors (Lipinski definition) is 1. The normalized spacial score (nSPS) is 10.7. The van der Waals surface area contributed by atoms with Gasteiger partial charge in [0.25, 0.3) is 5.91 Å². The Hall–Kier alpha value is -3.26. The summed E-state index contributed by atoms with van der Waals surface area (Å²) in [7, 11) is 1.53. The van der Waals surface area contributed by atoms with Crippen molar-refractivity contribution in [3.63, 3.8) is 0 Å². The second kappa shape index (κ2) is 9.79. The van der Waals surface area contributed by atoms with Crippen molar-refractivity contribution in [2.75, 3.05) is 7.11 Å². The van der Waals surface area contributed by atoms with E-state index in [1.807, 2.05) is 0 Å². The molecule has 8 heteroatoms. The fraction of sp³-hybridized carbons (Fsp3) is 0.0952. The quantitative estimate of drug-likeness (QED) is 0.423. The largest absolute Gasteiger partial charge is 0.493 e. The van der Waals surface area contributed by atoms with Crippen molar-refractivity contribution in [3.8, 4) is 11.5 Å². The fourth-order valence-corrected chi connectivity index (χ4v) is 2.80. The van der Waals surface area contributed by atoms with Crippen LogP contribution in [0.2, 0.25) is 0 Å². The van der Waals surface area contributed by atoms with Gasteiger partial charge in [-0.25, -0.2) is 9.82 Å². The van der Waals surface area contributed by atoms with Gasteiger partial charge in [-0.2, -0.15) is 5.10 Å². The number of aromatic nitrogens is 1. The van der Waals surface area contributed by atoms with Crippen molar-refractivity contribution < 1.29 is 18.7 Å². The molecule has 2 aromatic carbocycles. The third kappa shape index (κ3) is 5.61. The lowest BCUT2D eigenvalue weighted by atomic mass is 10.2. The van der Waals surface area contributed by atoms with Crippen LogP contribution in [0.25, 0.3) is 0 Å². The van der Waals surface area contributed by atoms with E-state index in [1.54, 1.807) is 42.5 Å². The molecule has 1 aromatic heterocycles. The van der Waals surface area contributed by atoms with Crippen molar-refractivity contribution >= 4 is 28.1 Å². The van der Waals surface area contributed by atoms with Crippen molar-refractivity contribution in [3.05, 3.63) is 87.9 Å². The summed E-state index contributed by atoms with van der Waals surface area (Å²) in [4.78, 5) is 15.9. The second-order valence-electron chi connectivity index (χ2n) is 5.85. The Morgan fingerprint density at radius 2 is 2.00 bits per heavy atom. The molecular formula is C21H17BrFN3O3. The van der Waals surface area contributed by atoms with Crippen LogP contribution in [0, 0.1) is 5.82 Å². The maximum absolute atomic E-state index is 13.0. The SMILES string of the molecule is COc1cc(C=NNC(=O)c2ccccn2)c(Br)cc1OCc1ccc(F)cc1. The first kappa shape index (κ1) is 20.5. The van der Waals surface area contributed by atoms with Crippen molar-refractivity contribution in [1.82, 2.24) is 10.4 Å². The van der Waals surface area contributed by atoms with E-state index in [0.717, 1.165) is 5.56 Å². The van der Waals surface area contributed by atoms with Gasteiger partial charge in [-0.1, -0.05) is 18.2 Å². The summed E-state index contributed by atoms with van der Waals surface area (Å²) >= 11 is 3.46. The monoisotopic (exact) mass is 457 g/mol. The van der Waals surface area contributed by atoms with E-state index < -0.39 is 5.91 Å². The first-order chi connectivity index (χ1) is 14.1. The van der Waals surface area contributed by atoms with E-state index in [1.165, 1.54) is 31.7 Å². The zero-order valence-electron chi connectivity index (χ0n) is 15.4. The molecule has 1 heterocycles. The van der Waals surface area contributed by atoms with Gasteiger partial charge in [0.15, 0.2) is 11.5 Å². The van der Waals surface area contributed by atoms with Crippen LogP contribution >= 0.6 is 15.9 Å². The minimum Gasteiger partial charge on any atom is -0.493 e. The molecule has 0 atom stereocenters. The van der Waals surface area contributed by atoms with Crippen molar-refractivity contribution in [2.45, 2.75) is 6.61 Å². The molecule has 0 radical (unpaired) electrons. The Bertz CT molecular complexity index is 1010. The molecule has 0 saturated carbocycles. The van der Waals surface area contributed by atoms with E-state index in [9.17, 15) is 9.18 Å². The van der Waals surface area contributed by atoms with Gasteiger partial charge < -0.3 is 9.47 Å². The number of halogens is 2. The van der Waals surface area contributed by atoms with Gasteiger partial charge in [-0.05, 0) is 57.9 Å². The molecule has 0 aliphatic carbocycles. The molecule has 0 bridgehead atoms. The smallest absolute Gasteiger partial charge is 0.289 e. The molecule has 1 N–H and O–H groups in total. The topological polar surface area (TPSA) is 72.8 Å². The van der Waals surface area contributed by atoms with Crippen LogP contribution in [-0.2, 0) is 6.61 Å². The zero-order valence-corrected chi connectivity index (χ0v) is 17.0. The molecule has 1 amide bonds. The highest BCUT2D eigenvalue weighted by Gasteiger charge is 2.10. The van der Waals surface area contributed by atoms with E-state index in [2.05, 4.69) is 31.4 Å². The molecular weight excluding hydrogens is 441 g/mol. The highest BCUT2D eigenvalue weighted by Crippen LogP contribution is 2.33. The Morgan fingerprint density at radius 1 is 1.21 bits per heavy atom. The standard InChI is InChI=1S/C21H17BrFN3O3/c1-28-19-10-15(12-25-26-21(27)18-4-2-3-9-24-18)17(22)11-20(19)29-13-14-5-7-16(23)8-6-14/h2-12H,13H2,1H3,(H,26,27). The zero-order chi connectivity index (χ0) is 20.6. The van der Waals surface area contributed by atoms with Gasteiger partial charge in [-0.15, -0.1) is 0 Å². The molecule has 0 aliphatic rings. The number of benzene rings is 2. The molecule has 29 heavy (non-hydrogen) atoms.